The highest BCUT2D eigenvalue weighted by Crippen LogP contribution is 2.28. The second kappa shape index (κ2) is 6.02. The summed E-state index contributed by atoms with van der Waals surface area (Å²) < 4.78 is 0. The van der Waals surface area contributed by atoms with Gasteiger partial charge in [-0.2, -0.15) is 5.26 Å². The van der Waals surface area contributed by atoms with Gasteiger partial charge in [-0.15, -0.1) is 0 Å². The van der Waals surface area contributed by atoms with Crippen molar-refractivity contribution in [1.29, 1.82) is 5.26 Å². The fourth-order valence-electron chi connectivity index (χ4n) is 1.15. The van der Waals surface area contributed by atoms with E-state index in [1.807, 2.05) is 0 Å². The van der Waals surface area contributed by atoms with Crippen molar-refractivity contribution < 1.29 is 9.59 Å². The van der Waals surface area contributed by atoms with E-state index in [2.05, 4.69) is 10.6 Å². The highest BCUT2D eigenvalue weighted by atomic mass is 16.2. The van der Waals surface area contributed by atoms with Gasteiger partial charge in [-0.05, 0) is 19.3 Å². The molecule has 5 heteroatoms. The summed E-state index contributed by atoms with van der Waals surface area (Å²) in [4.78, 5) is 22.0. The van der Waals surface area contributed by atoms with E-state index in [-0.39, 0.29) is 24.2 Å². The van der Waals surface area contributed by atoms with Gasteiger partial charge < -0.3 is 10.6 Å². The van der Waals surface area contributed by atoms with Crippen molar-refractivity contribution in [3.8, 4) is 6.07 Å². The summed E-state index contributed by atoms with van der Waals surface area (Å²) >= 11 is 0. The van der Waals surface area contributed by atoms with Crippen LogP contribution in [-0.2, 0) is 9.59 Å². The molecular formula is C10H15N3O2. The summed E-state index contributed by atoms with van der Waals surface area (Å²) in [6.45, 7) is 1.09. The molecule has 5 nitrogen and oxygen atoms in total. The first-order chi connectivity index (χ1) is 7.24. The monoisotopic (exact) mass is 209 g/mol. The smallest absolute Gasteiger partial charge is 0.234 e. The number of nitrogens with zero attached hydrogens (tertiary/aromatic N) is 1. The average molecular weight is 209 g/mol. The predicted octanol–water partition coefficient (Wildman–Crippen LogP) is -0.0674. The Morgan fingerprint density at radius 2 is 1.93 bits per heavy atom. The van der Waals surface area contributed by atoms with E-state index < -0.39 is 0 Å². The quantitative estimate of drug-likeness (QED) is 0.601. The average Bonchev–Trinajstić information content (AvgIpc) is 3.00. The van der Waals surface area contributed by atoms with Crippen LogP contribution in [0.2, 0.25) is 0 Å². The van der Waals surface area contributed by atoms with Gasteiger partial charge in [-0.25, -0.2) is 0 Å². The van der Waals surface area contributed by atoms with Crippen molar-refractivity contribution in [2.75, 3.05) is 13.1 Å². The standard InChI is InChI=1S/C10H15N3O2/c11-5-4-9(14)12-6-1-7-13-10(15)8-2-3-8/h8H,1-4,6-7H2,(H,12,14)(H,13,15). The number of hydrogen-bond acceptors (Lipinski definition) is 3. The number of hydrogen-bond donors (Lipinski definition) is 2. The Kier molecular flexibility index (Phi) is 4.61. The molecule has 0 saturated heterocycles. The van der Waals surface area contributed by atoms with Gasteiger partial charge in [-0.3, -0.25) is 9.59 Å². The van der Waals surface area contributed by atoms with Crippen LogP contribution in [0.4, 0.5) is 0 Å². The molecule has 0 spiro atoms. The van der Waals surface area contributed by atoms with Crippen LogP contribution >= 0.6 is 0 Å². The second-order valence-electron chi connectivity index (χ2n) is 3.60. The lowest BCUT2D eigenvalue weighted by Crippen LogP contribution is -2.30. The number of nitrogens with one attached hydrogen (secondary N) is 2. The third-order valence-corrected chi connectivity index (χ3v) is 2.16. The Balaban J connectivity index is 1.90. The molecule has 0 aromatic rings. The number of carbonyl (C=O) groups is 2. The van der Waals surface area contributed by atoms with Crippen LogP contribution in [0.3, 0.4) is 0 Å². The van der Waals surface area contributed by atoms with Crippen LogP contribution in [-0.4, -0.2) is 24.9 Å². The first-order valence-electron chi connectivity index (χ1n) is 5.15. The molecule has 82 valence electrons. The highest BCUT2D eigenvalue weighted by molar-refractivity contribution is 5.80. The van der Waals surface area contributed by atoms with Gasteiger partial charge in [0.25, 0.3) is 0 Å². The molecule has 0 heterocycles. The molecule has 0 aliphatic heterocycles. The molecule has 1 saturated carbocycles. The van der Waals surface area contributed by atoms with Gasteiger partial charge >= 0.3 is 0 Å². The van der Waals surface area contributed by atoms with E-state index in [1.54, 1.807) is 6.07 Å². The number of nitriles is 1. The maximum atomic E-state index is 11.2. The largest absolute Gasteiger partial charge is 0.356 e. The molecule has 1 fully saturated rings. The third-order valence-electron chi connectivity index (χ3n) is 2.16. The lowest BCUT2D eigenvalue weighted by molar-refractivity contribution is -0.122. The Labute approximate surface area is 88.8 Å². The minimum atomic E-state index is -0.258. The Bertz CT molecular complexity index is 279. The van der Waals surface area contributed by atoms with Crippen LogP contribution < -0.4 is 10.6 Å². The Morgan fingerprint density at radius 3 is 2.53 bits per heavy atom. The summed E-state index contributed by atoms with van der Waals surface area (Å²) in [5.41, 5.74) is 0. The number of amides is 2. The zero-order chi connectivity index (χ0) is 11.1. The van der Waals surface area contributed by atoms with E-state index >= 15 is 0 Å². The minimum absolute atomic E-state index is 0.103. The van der Waals surface area contributed by atoms with Crippen LogP contribution in [0.15, 0.2) is 0 Å². The maximum absolute atomic E-state index is 11.2. The van der Waals surface area contributed by atoms with Gasteiger partial charge in [0, 0.05) is 19.0 Å². The summed E-state index contributed by atoms with van der Waals surface area (Å²) in [5, 5.41) is 13.6. The van der Waals surface area contributed by atoms with Gasteiger partial charge in [0.05, 0.1) is 6.07 Å². The zero-order valence-electron chi connectivity index (χ0n) is 8.58. The topological polar surface area (TPSA) is 82.0 Å². The van der Waals surface area contributed by atoms with Crippen LogP contribution in [0.5, 0.6) is 0 Å². The number of rotatable bonds is 6. The van der Waals surface area contributed by atoms with Gasteiger partial charge in [-0.1, -0.05) is 0 Å². The summed E-state index contributed by atoms with van der Waals surface area (Å²) in [6, 6.07) is 1.77. The van der Waals surface area contributed by atoms with Crippen molar-refractivity contribution in [1.82, 2.24) is 10.6 Å². The van der Waals surface area contributed by atoms with Gasteiger partial charge in [0.2, 0.25) is 11.8 Å². The van der Waals surface area contributed by atoms with Crippen molar-refractivity contribution in [3.63, 3.8) is 0 Å². The van der Waals surface area contributed by atoms with Crippen molar-refractivity contribution >= 4 is 11.8 Å². The van der Waals surface area contributed by atoms with Gasteiger partial charge in [0.1, 0.15) is 6.42 Å². The summed E-state index contributed by atoms with van der Waals surface area (Å²) in [5.74, 6) is 0.0996. The lowest BCUT2D eigenvalue weighted by atomic mass is 10.3. The fourth-order valence-corrected chi connectivity index (χ4v) is 1.15. The molecule has 15 heavy (non-hydrogen) atoms. The van der Waals surface area contributed by atoms with Crippen LogP contribution in [0.1, 0.15) is 25.7 Å². The Morgan fingerprint density at radius 1 is 1.27 bits per heavy atom. The maximum Gasteiger partial charge on any atom is 0.234 e. The van der Waals surface area contributed by atoms with Crippen LogP contribution in [0, 0.1) is 17.2 Å². The fraction of sp³-hybridized carbons (Fsp3) is 0.700. The van der Waals surface area contributed by atoms with E-state index in [1.165, 1.54) is 0 Å². The molecular weight excluding hydrogens is 194 g/mol. The van der Waals surface area contributed by atoms with E-state index in [0.29, 0.717) is 19.5 Å². The van der Waals surface area contributed by atoms with Crippen LogP contribution in [0.25, 0.3) is 0 Å². The normalized spacial score (nSPS) is 14.1. The van der Waals surface area contributed by atoms with E-state index in [0.717, 1.165) is 12.8 Å². The minimum Gasteiger partial charge on any atom is -0.356 e. The molecule has 0 bridgehead atoms. The first-order valence-corrected chi connectivity index (χ1v) is 5.15. The molecule has 0 unspecified atom stereocenters. The molecule has 2 amide bonds. The van der Waals surface area contributed by atoms with Gasteiger partial charge in [0.15, 0.2) is 0 Å². The zero-order valence-corrected chi connectivity index (χ0v) is 8.58. The third kappa shape index (κ3) is 5.01. The molecule has 1 aliphatic rings. The Hall–Kier alpha value is -1.57. The summed E-state index contributed by atoms with van der Waals surface area (Å²) in [6.07, 6.45) is 2.61. The van der Waals surface area contributed by atoms with Crippen molar-refractivity contribution in [3.05, 3.63) is 0 Å². The molecule has 0 atom stereocenters. The first kappa shape index (κ1) is 11.5. The molecule has 0 aromatic carbocycles. The second-order valence-corrected chi connectivity index (χ2v) is 3.60. The predicted molar refractivity (Wildman–Crippen MR) is 53.6 cm³/mol. The molecule has 0 radical (unpaired) electrons. The van der Waals surface area contributed by atoms with E-state index in [4.69, 9.17) is 5.26 Å². The molecule has 1 rings (SSSR count). The molecule has 0 aromatic heterocycles. The SMILES string of the molecule is N#CCC(=O)NCCCNC(=O)C1CC1. The molecule has 2 N–H and O–H groups in total. The highest BCUT2D eigenvalue weighted by Gasteiger charge is 2.28. The van der Waals surface area contributed by atoms with Crippen molar-refractivity contribution in [2.45, 2.75) is 25.7 Å². The molecule has 1 aliphatic carbocycles. The number of carbonyl (C=O) groups excluding carboxylic acids is 2. The summed E-state index contributed by atoms with van der Waals surface area (Å²) in [7, 11) is 0. The van der Waals surface area contributed by atoms with E-state index in [9.17, 15) is 9.59 Å². The lowest BCUT2D eigenvalue weighted by Gasteiger charge is -2.04. The van der Waals surface area contributed by atoms with Crippen molar-refractivity contribution in [2.24, 2.45) is 5.92 Å².